The third-order valence-electron chi connectivity index (χ3n) is 3.42. The zero-order chi connectivity index (χ0) is 16.2. The fourth-order valence-electron chi connectivity index (χ4n) is 2.29. The third-order valence-corrected chi connectivity index (χ3v) is 3.42. The highest BCUT2D eigenvalue weighted by molar-refractivity contribution is 5.48. The summed E-state index contributed by atoms with van der Waals surface area (Å²) in [6.07, 6.45) is 0. The summed E-state index contributed by atoms with van der Waals surface area (Å²) >= 11 is 0. The van der Waals surface area contributed by atoms with Crippen LogP contribution in [0.5, 0.6) is 5.75 Å². The number of nitrogens with one attached hydrogen (secondary N) is 1. The minimum absolute atomic E-state index is 0.206. The summed E-state index contributed by atoms with van der Waals surface area (Å²) in [5.74, 6) is 0.414. The van der Waals surface area contributed by atoms with Gasteiger partial charge in [-0.1, -0.05) is 18.2 Å². The van der Waals surface area contributed by atoms with Gasteiger partial charge < -0.3 is 10.1 Å². The molecule has 0 amide bonds. The molecule has 0 bridgehead atoms. The molecule has 1 N–H and O–H groups in total. The topological polar surface area (TPSA) is 64.9 Å². The van der Waals surface area contributed by atoms with Gasteiger partial charge in [-0.05, 0) is 41.6 Å². The second-order valence-electron chi connectivity index (χ2n) is 5.00. The van der Waals surface area contributed by atoms with Crippen LogP contribution in [0.3, 0.4) is 0 Å². The van der Waals surface area contributed by atoms with Crippen LogP contribution in [0.2, 0.25) is 0 Å². The van der Waals surface area contributed by atoms with Gasteiger partial charge >= 0.3 is 0 Å². The molecule has 0 radical (unpaired) electrons. The molecule has 0 saturated heterocycles. The summed E-state index contributed by atoms with van der Waals surface area (Å²) in [5, 5.41) is 15.0. The van der Waals surface area contributed by atoms with Crippen LogP contribution < -0.4 is 10.1 Å². The molecule has 23 heavy (non-hydrogen) atoms. The second-order valence-corrected chi connectivity index (χ2v) is 5.00. The van der Waals surface area contributed by atoms with Crippen molar-refractivity contribution in [2.45, 2.75) is 13.0 Å². The molecule has 6 nitrogen and oxygen atoms in total. The van der Waals surface area contributed by atoms with Crippen molar-refractivity contribution in [1.82, 2.24) is 20.2 Å². The molecule has 0 spiro atoms. The molecule has 3 rings (SSSR count). The maximum absolute atomic E-state index is 13.8. The van der Waals surface area contributed by atoms with Crippen LogP contribution >= 0.6 is 0 Å². The van der Waals surface area contributed by atoms with Crippen molar-refractivity contribution in [2.24, 2.45) is 0 Å². The lowest BCUT2D eigenvalue weighted by Crippen LogP contribution is -2.14. The molecular weight excluding hydrogens is 297 g/mol. The monoisotopic (exact) mass is 313 g/mol. The van der Waals surface area contributed by atoms with Gasteiger partial charge in [0.15, 0.2) is 17.4 Å². The van der Waals surface area contributed by atoms with Crippen molar-refractivity contribution in [2.75, 3.05) is 12.4 Å². The Kier molecular flexibility index (Phi) is 4.18. The highest BCUT2D eigenvalue weighted by atomic mass is 19.1. The predicted octanol–water partition coefficient (Wildman–Crippen LogP) is 2.98. The fourth-order valence-corrected chi connectivity index (χ4v) is 2.29. The van der Waals surface area contributed by atoms with Crippen LogP contribution in [0.25, 0.3) is 5.69 Å². The fraction of sp³-hybridized carbons (Fsp3) is 0.188. The average Bonchev–Trinajstić information content (AvgIpc) is 3.05. The summed E-state index contributed by atoms with van der Waals surface area (Å²) in [6, 6.07) is 14.1. The number of methoxy groups -OCH3 is 1. The van der Waals surface area contributed by atoms with Crippen LogP contribution in [-0.2, 0) is 0 Å². The Bertz CT molecular complexity index is 790. The lowest BCUT2D eigenvalue weighted by atomic mass is 10.2. The van der Waals surface area contributed by atoms with Crippen LogP contribution in [0, 0.1) is 5.82 Å². The highest BCUT2D eigenvalue weighted by Gasteiger charge is 2.16. The number of benzene rings is 2. The third kappa shape index (κ3) is 3.13. The SMILES string of the molecule is COc1ccc(N[C@@H](C)c2nnnn2-c2ccccc2)cc1F. The van der Waals surface area contributed by atoms with Gasteiger partial charge in [0.2, 0.25) is 0 Å². The first-order chi connectivity index (χ1) is 11.2. The lowest BCUT2D eigenvalue weighted by molar-refractivity contribution is 0.386. The van der Waals surface area contributed by atoms with Crippen molar-refractivity contribution in [3.63, 3.8) is 0 Å². The van der Waals surface area contributed by atoms with Gasteiger partial charge in [-0.2, -0.15) is 4.68 Å². The summed E-state index contributed by atoms with van der Waals surface area (Å²) in [6.45, 7) is 1.91. The smallest absolute Gasteiger partial charge is 0.178 e. The van der Waals surface area contributed by atoms with Crippen LogP contribution in [-0.4, -0.2) is 27.3 Å². The van der Waals surface area contributed by atoms with Gasteiger partial charge in [0.1, 0.15) is 0 Å². The summed E-state index contributed by atoms with van der Waals surface area (Å²) < 4.78 is 20.3. The molecule has 0 saturated carbocycles. The molecule has 1 atom stereocenters. The Hall–Kier alpha value is -2.96. The quantitative estimate of drug-likeness (QED) is 0.784. The van der Waals surface area contributed by atoms with Gasteiger partial charge in [0.25, 0.3) is 0 Å². The molecule has 0 aliphatic heterocycles. The Balaban J connectivity index is 1.83. The van der Waals surface area contributed by atoms with E-state index < -0.39 is 5.82 Å². The van der Waals surface area contributed by atoms with Gasteiger partial charge in [-0.3, -0.25) is 0 Å². The van der Waals surface area contributed by atoms with E-state index in [0.717, 1.165) is 5.69 Å². The first-order valence-electron chi connectivity index (χ1n) is 7.13. The summed E-state index contributed by atoms with van der Waals surface area (Å²) in [5.41, 5.74) is 1.49. The van der Waals surface area contributed by atoms with E-state index in [1.807, 2.05) is 37.3 Å². The van der Waals surface area contributed by atoms with E-state index in [1.165, 1.54) is 13.2 Å². The molecule has 0 unspecified atom stereocenters. The largest absolute Gasteiger partial charge is 0.494 e. The van der Waals surface area contributed by atoms with Crippen molar-refractivity contribution in [1.29, 1.82) is 0 Å². The number of nitrogens with zero attached hydrogens (tertiary/aromatic N) is 4. The minimum atomic E-state index is -0.424. The van der Waals surface area contributed by atoms with E-state index in [1.54, 1.807) is 16.8 Å². The van der Waals surface area contributed by atoms with Crippen molar-refractivity contribution in [3.8, 4) is 11.4 Å². The highest BCUT2D eigenvalue weighted by Crippen LogP contribution is 2.24. The number of hydrogen-bond donors (Lipinski definition) is 1. The van der Waals surface area contributed by atoms with Crippen molar-refractivity contribution < 1.29 is 9.13 Å². The molecule has 1 heterocycles. The Morgan fingerprint density at radius 1 is 1.17 bits per heavy atom. The molecule has 0 aliphatic rings. The minimum Gasteiger partial charge on any atom is -0.494 e. The van der Waals surface area contributed by atoms with E-state index in [-0.39, 0.29) is 11.8 Å². The van der Waals surface area contributed by atoms with E-state index >= 15 is 0 Å². The van der Waals surface area contributed by atoms with Gasteiger partial charge in [-0.15, -0.1) is 5.10 Å². The van der Waals surface area contributed by atoms with E-state index in [0.29, 0.717) is 11.5 Å². The molecule has 0 aliphatic carbocycles. The first kappa shape index (κ1) is 15.0. The zero-order valence-electron chi connectivity index (χ0n) is 12.8. The number of para-hydroxylation sites is 1. The average molecular weight is 313 g/mol. The molecular formula is C16H16FN5O. The lowest BCUT2D eigenvalue weighted by Gasteiger charge is -2.15. The summed E-state index contributed by atoms with van der Waals surface area (Å²) in [4.78, 5) is 0. The number of rotatable bonds is 5. The standard InChI is InChI=1S/C16H16FN5O/c1-11(18-12-8-9-15(23-2)14(17)10-12)16-19-20-21-22(16)13-6-4-3-5-7-13/h3-11,18H,1-2H3/t11-/m0/s1. The Morgan fingerprint density at radius 3 is 2.65 bits per heavy atom. The molecule has 2 aromatic carbocycles. The first-order valence-corrected chi connectivity index (χ1v) is 7.13. The number of halogens is 1. The van der Waals surface area contributed by atoms with Crippen LogP contribution in [0.15, 0.2) is 48.5 Å². The molecule has 0 fully saturated rings. The number of hydrogen-bond acceptors (Lipinski definition) is 5. The number of tetrazole rings is 1. The van der Waals surface area contributed by atoms with Gasteiger partial charge in [-0.25, -0.2) is 4.39 Å². The van der Waals surface area contributed by atoms with Crippen LogP contribution in [0.4, 0.5) is 10.1 Å². The normalized spacial score (nSPS) is 12.0. The molecule has 7 heteroatoms. The van der Waals surface area contributed by atoms with Gasteiger partial charge in [0, 0.05) is 11.8 Å². The van der Waals surface area contributed by atoms with Crippen LogP contribution in [0.1, 0.15) is 18.8 Å². The number of anilines is 1. The van der Waals surface area contributed by atoms with E-state index in [4.69, 9.17) is 4.74 Å². The Morgan fingerprint density at radius 2 is 1.96 bits per heavy atom. The maximum atomic E-state index is 13.8. The second kappa shape index (κ2) is 6.43. The Labute approximate surface area is 132 Å². The number of aromatic nitrogens is 4. The predicted molar refractivity (Wildman–Crippen MR) is 84.1 cm³/mol. The van der Waals surface area contributed by atoms with E-state index in [2.05, 4.69) is 20.8 Å². The maximum Gasteiger partial charge on any atom is 0.178 e. The molecule has 118 valence electrons. The summed E-state index contributed by atoms with van der Waals surface area (Å²) in [7, 11) is 1.43. The molecule has 3 aromatic rings. The van der Waals surface area contributed by atoms with E-state index in [9.17, 15) is 4.39 Å². The van der Waals surface area contributed by atoms with Crippen molar-refractivity contribution in [3.05, 3.63) is 60.2 Å². The number of ether oxygens (including phenoxy) is 1. The van der Waals surface area contributed by atoms with Gasteiger partial charge in [0.05, 0.1) is 18.8 Å². The zero-order valence-corrected chi connectivity index (χ0v) is 12.8. The molecule has 1 aromatic heterocycles. The van der Waals surface area contributed by atoms with Crippen molar-refractivity contribution >= 4 is 5.69 Å².